The Morgan fingerprint density at radius 1 is 1.31 bits per heavy atom. The first-order valence-corrected chi connectivity index (χ1v) is 5.98. The number of carbonyl (C=O) groups is 2. The van der Waals surface area contributed by atoms with Crippen molar-refractivity contribution in [2.24, 2.45) is 11.8 Å². The smallest absolute Gasteiger partial charge is 0.303 e. The normalized spacial score (nSPS) is 27.1. The number of rotatable bonds is 4. The zero-order chi connectivity index (χ0) is 12.1. The van der Waals surface area contributed by atoms with Crippen LogP contribution in [0.5, 0.6) is 0 Å². The van der Waals surface area contributed by atoms with Crippen molar-refractivity contribution < 1.29 is 14.7 Å². The molecule has 0 radical (unpaired) electrons. The van der Waals surface area contributed by atoms with Crippen LogP contribution in [0, 0.1) is 11.8 Å². The minimum absolute atomic E-state index is 0.0297. The molecular formula is C12H21NO3. The van der Waals surface area contributed by atoms with Crippen LogP contribution in [0.1, 0.15) is 46.0 Å². The standard InChI is InChI=1S/C12H21NO3/c1-8(7-12(15)16)10-3-5-11(6-4-10)13-9(2)14/h8,10-11H,3-7H2,1-2H3,(H,13,14)(H,15,16). The molecule has 1 aliphatic carbocycles. The lowest BCUT2D eigenvalue weighted by Crippen LogP contribution is -2.37. The van der Waals surface area contributed by atoms with Crippen LogP contribution in [0.3, 0.4) is 0 Å². The Bertz CT molecular complexity index is 257. The van der Waals surface area contributed by atoms with Crippen LogP contribution >= 0.6 is 0 Å². The summed E-state index contributed by atoms with van der Waals surface area (Å²) < 4.78 is 0. The predicted octanol–water partition coefficient (Wildman–Crippen LogP) is 1.79. The highest BCUT2D eigenvalue weighted by Crippen LogP contribution is 2.31. The van der Waals surface area contributed by atoms with Gasteiger partial charge in [0.25, 0.3) is 0 Å². The molecule has 0 aromatic rings. The van der Waals surface area contributed by atoms with Gasteiger partial charge in [-0.25, -0.2) is 0 Å². The second kappa shape index (κ2) is 5.87. The molecule has 1 aliphatic rings. The summed E-state index contributed by atoms with van der Waals surface area (Å²) in [5, 5.41) is 11.7. The molecular weight excluding hydrogens is 206 g/mol. The number of nitrogens with one attached hydrogen (secondary N) is 1. The topological polar surface area (TPSA) is 66.4 Å². The van der Waals surface area contributed by atoms with Crippen molar-refractivity contribution in [1.29, 1.82) is 0 Å². The van der Waals surface area contributed by atoms with Crippen molar-refractivity contribution in [2.45, 2.75) is 52.0 Å². The fourth-order valence-electron chi connectivity index (χ4n) is 2.56. The van der Waals surface area contributed by atoms with Crippen molar-refractivity contribution in [3.63, 3.8) is 0 Å². The average Bonchev–Trinajstić information content (AvgIpc) is 2.16. The molecule has 0 aromatic carbocycles. The summed E-state index contributed by atoms with van der Waals surface area (Å²) in [5.74, 6) is 0.0652. The number of carboxylic acids is 1. The quantitative estimate of drug-likeness (QED) is 0.769. The number of hydrogen-bond acceptors (Lipinski definition) is 2. The van der Waals surface area contributed by atoms with Crippen LogP contribution in [0.2, 0.25) is 0 Å². The van der Waals surface area contributed by atoms with Gasteiger partial charge in [0.2, 0.25) is 5.91 Å². The second-order valence-corrected chi connectivity index (χ2v) is 4.89. The number of carbonyl (C=O) groups excluding carboxylic acids is 1. The van der Waals surface area contributed by atoms with Crippen LogP contribution in [0.15, 0.2) is 0 Å². The Morgan fingerprint density at radius 3 is 2.31 bits per heavy atom. The van der Waals surface area contributed by atoms with E-state index in [1.807, 2.05) is 6.92 Å². The highest BCUT2D eigenvalue weighted by molar-refractivity contribution is 5.73. The van der Waals surface area contributed by atoms with E-state index < -0.39 is 5.97 Å². The monoisotopic (exact) mass is 227 g/mol. The average molecular weight is 227 g/mol. The molecule has 4 nitrogen and oxygen atoms in total. The van der Waals surface area contributed by atoms with Crippen LogP contribution < -0.4 is 5.32 Å². The molecule has 1 unspecified atom stereocenters. The maximum Gasteiger partial charge on any atom is 0.303 e. The molecule has 2 N–H and O–H groups in total. The Labute approximate surface area is 96.4 Å². The van der Waals surface area contributed by atoms with Gasteiger partial charge >= 0.3 is 5.97 Å². The molecule has 1 saturated carbocycles. The van der Waals surface area contributed by atoms with Crippen molar-refractivity contribution in [3.05, 3.63) is 0 Å². The van der Waals surface area contributed by atoms with Gasteiger partial charge in [0.05, 0.1) is 0 Å². The molecule has 0 heterocycles. The van der Waals surface area contributed by atoms with E-state index in [1.54, 1.807) is 6.92 Å². The number of hydrogen-bond donors (Lipinski definition) is 2. The summed E-state index contributed by atoms with van der Waals surface area (Å²) in [4.78, 5) is 21.5. The lowest BCUT2D eigenvalue weighted by molar-refractivity contribution is -0.138. The van der Waals surface area contributed by atoms with Crippen molar-refractivity contribution in [3.8, 4) is 0 Å². The molecule has 0 aliphatic heterocycles. The first-order valence-electron chi connectivity index (χ1n) is 5.98. The molecule has 1 fully saturated rings. The largest absolute Gasteiger partial charge is 0.481 e. The predicted molar refractivity (Wildman–Crippen MR) is 61.0 cm³/mol. The van der Waals surface area contributed by atoms with Gasteiger partial charge in [-0.2, -0.15) is 0 Å². The maximum absolute atomic E-state index is 10.9. The van der Waals surface area contributed by atoms with Gasteiger partial charge in [-0.1, -0.05) is 6.92 Å². The molecule has 16 heavy (non-hydrogen) atoms. The zero-order valence-corrected chi connectivity index (χ0v) is 10.0. The molecule has 92 valence electrons. The third-order valence-corrected chi connectivity index (χ3v) is 3.48. The van der Waals surface area contributed by atoms with Crippen molar-refractivity contribution >= 4 is 11.9 Å². The van der Waals surface area contributed by atoms with Crippen LogP contribution in [-0.2, 0) is 9.59 Å². The first kappa shape index (κ1) is 13.0. The van der Waals surface area contributed by atoms with E-state index in [1.165, 1.54) is 0 Å². The highest BCUT2D eigenvalue weighted by atomic mass is 16.4. The zero-order valence-electron chi connectivity index (χ0n) is 10.0. The van der Waals surface area contributed by atoms with Gasteiger partial charge in [-0.05, 0) is 37.5 Å². The third-order valence-electron chi connectivity index (χ3n) is 3.48. The summed E-state index contributed by atoms with van der Waals surface area (Å²) in [6.45, 7) is 3.55. The second-order valence-electron chi connectivity index (χ2n) is 4.89. The van der Waals surface area contributed by atoms with Crippen molar-refractivity contribution in [2.75, 3.05) is 0 Å². The Kier molecular flexibility index (Phi) is 4.77. The van der Waals surface area contributed by atoms with Gasteiger partial charge in [0, 0.05) is 19.4 Å². The molecule has 1 rings (SSSR count). The summed E-state index contributed by atoms with van der Waals surface area (Å²) in [6, 6.07) is 0.297. The van der Waals surface area contributed by atoms with E-state index in [4.69, 9.17) is 5.11 Å². The van der Waals surface area contributed by atoms with Gasteiger partial charge in [0.15, 0.2) is 0 Å². The highest BCUT2D eigenvalue weighted by Gasteiger charge is 2.26. The van der Waals surface area contributed by atoms with Crippen LogP contribution in [0.4, 0.5) is 0 Å². The molecule has 0 aromatic heterocycles. The molecule has 1 amide bonds. The first-order chi connectivity index (χ1) is 7.49. The Balaban J connectivity index is 2.31. The minimum atomic E-state index is -0.712. The summed E-state index contributed by atoms with van der Waals surface area (Å²) in [6.07, 6.45) is 4.27. The van der Waals surface area contributed by atoms with Gasteiger partial charge in [-0.3, -0.25) is 9.59 Å². The summed E-state index contributed by atoms with van der Waals surface area (Å²) in [7, 11) is 0. The van der Waals surface area contributed by atoms with E-state index >= 15 is 0 Å². The maximum atomic E-state index is 10.9. The molecule has 4 heteroatoms. The van der Waals surface area contributed by atoms with E-state index in [0.717, 1.165) is 25.7 Å². The van der Waals surface area contributed by atoms with Crippen molar-refractivity contribution in [1.82, 2.24) is 5.32 Å². The van der Waals surface area contributed by atoms with E-state index in [0.29, 0.717) is 12.0 Å². The van der Waals surface area contributed by atoms with Gasteiger partial charge in [-0.15, -0.1) is 0 Å². The number of amides is 1. The molecule has 0 spiro atoms. The van der Waals surface area contributed by atoms with Gasteiger partial charge in [0.1, 0.15) is 0 Å². The molecule has 0 saturated heterocycles. The van der Waals surface area contributed by atoms with E-state index in [2.05, 4.69) is 5.32 Å². The fraction of sp³-hybridized carbons (Fsp3) is 0.833. The number of carboxylic acid groups (broad SMARTS) is 1. The van der Waals surface area contributed by atoms with Gasteiger partial charge < -0.3 is 10.4 Å². The van der Waals surface area contributed by atoms with E-state index in [-0.39, 0.29) is 18.2 Å². The Morgan fingerprint density at radius 2 is 1.88 bits per heavy atom. The third kappa shape index (κ3) is 4.21. The number of aliphatic carboxylic acids is 1. The van der Waals surface area contributed by atoms with Crippen LogP contribution in [0.25, 0.3) is 0 Å². The summed E-state index contributed by atoms with van der Waals surface area (Å²) >= 11 is 0. The van der Waals surface area contributed by atoms with E-state index in [9.17, 15) is 9.59 Å². The molecule has 0 bridgehead atoms. The Hall–Kier alpha value is -1.06. The lowest BCUT2D eigenvalue weighted by atomic mass is 9.78. The molecule has 1 atom stereocenters. The lowest BCUT2D eigenvalue weighted by Gasteiger charge is -2.31. The van der Waals surface area contributed by atoms with Crippen LogP contribution in [-0.4, -0.2) is 23.0 Å². The fourth-order valence-corrected chi connectivity index (χ4v) is 2.56. The minimum Gasteiger partial charge on any atom is -0.481 e. The summed E-state index contributed by atoms with van der Waals surface area (Å²) in [5.41, 5.74) is 0. The SMILES string of the molecule is CC(=O)NC1CCC(C(C)CC(=O)O)CC1.